The average molecular weight is 370 g/mol. The summed E-state index contributed by atoms with van der Waals surface area (Å²) < 4.78 is 2.88. The van der Waals surface area contributed by atoms with Gasteiger partial charge in [-0.25, -0.2) is 9.67 Å². The fourth-order valence-corrected chi connectivity index (χ4v) is 2.54. The molecule has 0 amide bonds. The van der Waals surface area contributed by atoms with Crippen LogP contribution in [0.3, 0.4) is 0 Å². The molecule has 0 aliphatic rings. The van der Waals surface area contributed by atoms with Crippen LogP contribution in [-0.4, -0.2) is 14.8 Å². The molecule has 0 saturated heterocycles. The van der Waals surface area contributed by atoms with Crippen LogP contribution in [0.2, 0.25) is 0 Å². The van der Waals surface area contributed by atoms with Crippen molar-refractivity contribution in [1.82, 2.24) is 14.8 Å². The zero-order valence-corrected chi connectivity index (χ0v) is 12.3. The smallest absolute Gasteiger partial charge is 0.161 e. The Morgan fingerprint density at radius 1 is 1.17 bits per heavy atom. The van der Waals surface area contributed by atoms with Crippen molar-refractivity contribution in [2.24, 2.45) is 0 Å². The summed E-state index contributed by atoms with van der Waals surface area (Å²) in [5.41, 5.74) is 1.04. The van der Waals surface area contributed by atoms with Crippen molar-refractivity contribution in [3.05, 3.63) is 52.0 Å². The summed E-state index contributed by atoms with van der Waals surface area (Å²) in [6.07, 6.45) is 5.58. The van der Waals surface area contributed by atoms with Gasteiger partial charge in [0, 0.05) is 23.7 Å². The van der Waals surface area contributed by atoms with Gasteiger partial charge < -0.3 is 0 Å². The highest BCUT2D eigenvalue weighted by atomic mass is 127. The summed E-state index contributed by atoms with van der Waals surface area (Å²) in [5.74, 6) is 1.30. The molecule has 3 rings (SSSR count). The molecule has 1 aromatic carbocycles. The van der Waals surface area contributed by atoms with E-state index in [0.29, 0.717) is 5.88 Å². The minimum absolute atomic E-state index is 0.463. The molecule has 0 aliphatic heterocycles. The summed E-state index contributed by atoms with van der Waals surface area (Å²) in [6, 6.07) is 8.12. The predicted octanol–water partition coefficient (Wildman–Crippen LogP) is 3.76. The largest absolute Gasteiger partial charge is 0.236 e. The van der Waals surface area contributed by atoms with Crippen molar-refractivity contribution in [1.29, 1.82) is 0 Å². The number of hydrogen-bond acceptors (Lipinski definition) is 2. The summed E-state index contributed by atoms with van der Waals surface area (Å²) >= 11 is 8.18. The molecular weight excluding hydrogens is 361 g/mol. The van der Waals surface area contributed by atoms with Crippen molar-refractivity contribution in [3.8, 4) is 5.82 Å². The second-order valence-electron chi connectivity index (χ2n) is 3.89. The molecule has 0 fully saturated rings. The van der Waals surface area contributed by atoms with Gasteiger partial charge in [0.25, 0.3) is 0 Å². The van der Waals surface area contributed by atoms with E-state index in [1.54, 1.807) is 4.68 Å². The Bertz CT molecular complexity index is 708. The highest BCUT2D eigenvalue weighted by molar-refractivity contribution is 14.1. The Kier molecular flexibility index (Phi) is 3.22. The molecule has 0 radical (unpaired) electrons. The first-order chi connectivity index (χ1) is 8.79. The molecule has 0 aliphatic carbocycles. The van der Waals surface area contributed by atoms with E-state index >= 15 is 0 Å². The van der Waals surface area contributed by atoms with E-state index in [1.807, 2.05) is 36.8 Å². The monoisotopic (exact) mass is 369 g/mol. The Morgan fingerprint density at radius 2 is 1.94 bits per heavy atom. The molecule has 3 aromatic rings. The molecule has 5 heteroatoms. The van der Waals surface area contributed by atoms with Crippen molar-refractivity contribution >= 4 is 45.0 Å². The fourth-order valence-electron chi connectivity index (χ4n) is 1.94. The van der Waals surface area contributed by atoms with Gasteiger partial charge in [-0.05, 0) is 33.5 Å². The van der Waals surface area contributed by atoms with Crippen LogP contribution in [0.25, 0.3) is 16.6 Å². The van der Waals surface area contributed by atoms with Gasteiger partial charge in [0.05, 0.1) is 9.77 Å². The van der Waals surface area contributed by atoms with Gasteiger partial charge in [-0.1, -0.05) is 24.3 Å². The van der Waals surface area contributed by atoms with Crippen LogP contribution in [-0.2, 0) is 5.88 Å². The van der Waals surface area contributed by atoms with E-state index < -0.39 is 0 Å². The second-order valence-corrected chi connectivity index (χ2v) is 5.40. The van der Waals surface area contributed by atoms with Crippen molar-refractivity contribution in [2.75, 3.05) is 0 Å². The summed E-state index contributed by atoms with van der Waals surface area (Å²) in [5, 5.41) is 6.50. The van der Waals surface area contributed by atoms with Crippen LogP contribution < -0.4 is 0 Å². The van der Waals surface area contributed by atoms with Crippen LogP contribution in [0.15, 0.2) is 42.9 Å². The molecule has 0 atom stereocenters. The fraction of sp³-hybridized carbons (Fsp3) is 0.0769. The van der Waals surface area contributed by atoms with Gasteiger partial charge in [-0.2, -0.15) is 5.10 Å². The quantitative estimate of drug-likeness (QED) is 0.509. The van der Waals surface area contributed by atoms with Crippen LogP contribution >= 0.6 is 34.2 Å². The van der Waals surface area contributed by atoms with Crippen LogP contribution in [0.4, 0.5) is 0 Å². The van der Waals surface area contributed by atoms with Gasteiger partial charge >= 0.3 is 0 Å². The van der Waals surface area contributed by atoms with E-state index in [4.69, 9.17) is 11.6 Å². The summed E-state index contributed by atoms with van der Waals surface area (Å²) in [7, 11) is 0. The third-order valence-electron chi connectivity index (χ3n) is 2.77. The number of pyridine rings is 1. The predicted molar refractivity (Wildman–Crippen MR) is 81.1 cm³/mol. The third-order valence-corrected chi connectivity index (χ3v) is 3.61. The zero-order valence-electron chi connectivity index (χ0n) is 9.35. The van der Waals surface area contributed by atoms with Gasteiger partial charge in [0.1, 0.15) is 0 Å². The molecule has 2 aromatic heterocycles. The van der Waals surface area contributed by atoms with Gasteiger partial charge in [0.15, 0.2) is 5.82 Å². The first-order valence-electron chi connectivity index (χ1n) is 5.42. The number of alkyl halides is 1. The van der Waals surface area contributed by atoms with Crippen molar-refractivity contribution in [3.63, 3.8) is 0 Å². The lowest BCUT2D eigenvalue weighted by Crippen LogP contribution is -2.00. The SMILES string of the molecule is ClCc1cnc(-n2cc(I)cn2)c2ccccc12. The first kappa shape index (κ1) is 11.9. The number of aromatic nitrogens is 3. The summed E-state index contributed by atoms with van der Waals surface area (Å²) in [6.45, 7) is 0. The lowest BCUT2D eigenvalue weighted by Gasteiger charge is -2.08. The zero-order chi connectivity index (χ0) is 12.5. The standard InChI is InChI=1S/C13H9ClIN3/c14-5-9-6-16-13(18-8-10(15)7-17-18)12-4-2-1-3-11(9)12/h1-4,6-8H,5H2. The number of rotatable bonds is 2. The molecule has 0 spiro atoms. The van der Waals surface area contributed by atoms with E-state index in [2.05, 4.69) is 38.7 Å². The Labute approximate surface area is 123 Å². The van der Waals surface area contributed by atoms with Crippen LogP contribution in [0.5, 0.6) is 0 Å². The van der Waals surface area contributed by atoms with Gasteiger partial charge in [0.2, 0.25) is 0 Å². The molecule has 0 N–H and O–H groups in total. The van der Waals surface area contributed by atoms with Crippen molar-refractivity contribution in [2.45, 2.75) is 5.88 Å². The lowest BCUT2D eigenvalue weighted by atomic mass is 10.1. The number of fused-ring (bicyclic) bond motifs is 1. The maximum atomic E-state index is 5.94. The maximum Gasteiger partial charge on any atom is 0.161 e. The Hall–Kier alpha value is -1.14. The maximum absolute atomic E-state index is 5.94. The van der Waals surface area contributed by atoms with E-state index in [9.17, 15) is 0 Å². The molecule has 90 valence electrons. The minimum Gasteiger partial charge on any atom is -0.236 e. The lowest BCUT2D eigenvalue weighted by molar-refractivity contribution is 0.854. The number of hydrogen-bond donors (Lipinski definition) is 0. The molecule has 2 heterocycles. The first-order valence-corrected chi connectivity index (χ1v) is 7.04. The molecule has 0 unspecified atom stereocenters. The minimum atomic E-state index is 0.463. The molecular formula is C13H9ClIN3. The molecule has 0 bridgehead atoms. The van der Waals surface area contributed by atoms with E-state index in [1.165, 1.54) is 0 Å². The normalized spacial score (nSPS) is 11.0. The highest BCUT2D eigenvalue weighted by Gasteiger charge is 2.08. The molecule has 18 heavy (non-hydrogen) atoms. The van der Waals surface area contributed by atoms with Gasteiger partial charge in [-0.3, -0.25) is 0 Å². The number of benzene rings is 1. The average Bonchev–Trinajstić information content (AvgIpc) is 2.84. The number of halogens is 2. The highest BCUT2D eigenvalue weighted by Crippen LogP contribution is 2.24. The molecule has 0 saturated carbocycles. The van der Waals surface area contributed by atoms with Gasteiger partial charge in [-0.15, -0.1) is 11.6 Å². The van der Waals surface area contributed by atoms with Crippen LogP contribution in [0, 0.1) is 3.57 Å². The van der Waals surface area contributed by atoms with E-state index in [-0.39, 0.29) is 0 Å². The number of nitrogens with zero attached hydrogens (tertiary/aromatic N) is 3. The Balaban J connectivity index is 2.31. The second kappa shape index (κ2) is 4.85. The third kappa shape index (κ3) is 1.99. The summed E-state index contributed by atoms with van der Waals surface area (Å²) in [4.78, 5) is 4.47. The Morgan fingerprint density at radius 3 is 2.61 bits per heavy atom. The van der Waals surface area contributed by atoms with E-state index in [0.717, 1.165) is 25.7 Å². The van der Waals surface area contributed by atoms with Crippen molar-refractivity contribution < 1.29 is 0 Å². The van der Waals surface area contributed by atoms with Crippen LogP contribution in [0.1, 0.15) is 5.56 Å². The topological polar surface area (TPSA) is 30.7 Å². The molecule has 3 nitrogen and oxygen atoms in total.